The van der Waals surface area contributed by atoms with E-state index in [0.717, 1.165) is 5.56 Å². The molecular weight excluding hydrogens is 238 g/mol. The van der Waals surface area contributed by atoms with Crippen LogP contribution in [0.4, 0.5) is 0 Å². The molecule has 0 aromatic heterocycles. The number of amides is 1. The van der Waals surface area contributed by atoms with E-state index in [1.165, 1.54) is 0 Å². The second kappa shape index (κ2) is 4.34. The summed E-state index contributed by atoms with van der Waals surface area (Å²) in [7, 11) is 0. The fourth-order valence-corrected chi connectivity index (χ4v) is 3.34. The quantitative estimate of drug-likeness (QED) is 0.776. The highest BCUT2D eigenvalue weighted by atomic mass is 16.5. The van der Waals surface area contributed by atoms with Crippen LogP contribution in [0.3, 0.4) is 0 Å². The van der Waals surface area contributed by atoms with Crippen molar-refractivity contribution < 1.29 is 9.53 Å². The minimum absolute atomic E-state index is 0.143. The average Bonchev–Trinajstić information content (AvgIpc) is 2.91. The smallest absolute Gasteiger partial charge is 0.225 e. The van der Waals surface area contributed by atoms with E-state index < -0.39 is 0 Å². The number of carbonyl (C=O) groups is 1. The zero-order valence-corrected chi connectivity index (χ0v) is 11.8. The second-order valence-electron chi connectivity index (χ2n) is 6.64. The summed E-state index contributed by atoms with van der Waals surface area (Å²) >= 11 is 0. The molecule has 1 amide bonds. The predicted molar refractivity (Wildman–Crippen MR) is 73.3 cm³/mol. The van der Waals surface area contributed by atoms with Crippen molar-refractivity contribution in [1.29, 1.82) is 0 Å². The minimum atomic E-state index is -0.189. The zero-order valence-electron chi connectivity index (χ0n) is 11.8. The number of carbonyl (C=O) groups excluding carboxylic acids is 1. The summed E-state index contributed by atoms with van der Waals surface area (Å²) in [6.07, 6.45) is 0.465. The van der Waals surface area contributed by atoms with Gasteiger partial charge in [0.15, 0.2) is 6.23 Å². The van der Waals surface area contributed by atoms with Crippen molar-refractivity contribution in [3.05, 3.63) is 35.9 Å². The molecule has 3 rings (SSSR count). The van der Waals surface area contributed by atoms with Crippen LogP contribution >= 0.6 is 0 Å². The van der Waals surface area contributed by atoms with Gasteiger partial charge < -0.3 is 9.64 Å². The van der Waals surface area contributed by atoms with Gasteiger partial charge in [-0.3, -0.25) is 4.79 Å². The van der Waals surface area contributed by atoms with Gasteiger partial charge in [0.25, 0.3) is 0 Å². The SMILES string of the molecule is CC(C)(C)C1CC(=O)N2C(c3ccccc3)OC[C@H]12. The fourth-order valence-electron chi connectivity index (χ4n) is 3.34. The van der Waals surface area contributed by atoms with E-state index in [-0.39, 0.29) is 23.6 Å². The number of rotatable bonds is 1. The molecule has 2 aliphatic heterocycles. The first-order chi connectivity index (χ1) is 8.98. The molecule has 0 N–H and O–H groups in total. The Kier molecular flexibility index (Phi) is 2.90. The van der Waals surface area contributed by atoms with Crippen LogP contribution in [0.5, 0.6) is 0 Å². The molecule has 0 radical (unpaired) electrons. The Balaban J connectivity index is 1.89. The van der Waals surface area contributed by atoms with Gasteiger partial charge in [0.2, 0.25) is 5.91 Å². The van der Waals surface area contributed by atoms with Gasteiger partial charge in [-0.1, -0.05) is 51.1 Å². The molecule has 0 bridgehead atoms. The van der Waals surface area contributed by atoms with Crippen molar-refractivity contribution >= 4 is 5.91 Å². The van der Waals surface area contributed by atoms with Crippen molar-refractivity contribution in [2.75, 3.05) is 6.61 Å². The summed E-state index contributed by atoms with van der Waals surface area (Å²) in [5.74, 6) is 0.616. The monoisotopic (exact) mass is 259 g/mol. The average molecular weight is 259 g/mol. The summed E-state index contributed by atoms with van der Waals surface area (Å²) in [5, 5.41) is 0. The molecule has 3 nitrogen and oxygen atoms in total. The maximum Gasteiger partial charge on any atom is 0.225 e. The van der Waals surface area contributed by atoms with Crippen molar-refractivity contribution in [3.63, 3.8) is 0 Å². The standard InChI is InChI=1S/C16H21NO2/c1-16(2,3)12-9-14(18)17-13(12)10-19-15(17)11-7-5-4-6-8-11/h4-8,12-13,15H,9-10H2,1-3H3/t12?,13-,15?/m1/s1. The van der Waals surface area contributed by atoms with E-state index in [0.29, 0.717) is 18.9 Å². The highest BCUT2D eigenvalue weighted by Gasteiger charge is 2.51. The Morgan fingerprint density at radius 3 is 2.53 bits per heavy atom. The topological polar surface area (TPSA) is 29.5 Å². The van der Waals surface area contributed by atoms with E-state index in [1.54, 1.807) is 0 Å². The largest absolute Gasteiger partial charge is 0.352 e. The first-order valence-corrected chi connectivity index (χ1v) is 6.96. The second-order valence-corrected chi connectivity index (χ2v) is 6.64. The third kappa shape index (κ3) is 2.06. The predicted octanol–water partition coefficient (Wildman–Crippen LogP) is 2.98. The summed E-state index contributed by atoms with van der Waals surface area (Å²) < 4.78 is 5.91. The summed E-state index contributed by atoms with van der Waals surface area (Å²) in [6, 6.07) is 10.3. The van der Waals surface area contributed by atoms with Gasteiger partial charge in [0.05, 0.1) is 12.6 Å². The van der Waals surface area contributed by atoms with E-state index in [9.17, 15) is 4.79 Å². The molecule has 3 heteroatoms. The van der Waals surface area contributed by atoms with Crippen LogP contribution in [0.2, 0.25) is 0 Å². The Bertz CT molecular complexity index is 477. The molecule has 0 spiro atoms. The third-order valence-electron chi connectivity index (χ3n) is 4.38. The Morgan fingerprint density at radius 1 is 1.21 bits per heavy atom. The van der Waals surface area contributed by atoms with Crippen LogP contribution in [0.15, 0.2) is 30.3 Å². The lowest BCUT2D eigenvalue weighted by molar-refractivity contribution is -0.134. The molecule has 0 saturated carbocycles. The first kappa shape index (κ1) is 12.7. The highest BCUT2D eigenvalue weighted by Crippen LogP contribution is 2.46. The molecule has 2 aliphatic rings. The van der Waals surface area contributed by atoms with Crippen LogP contribution in [-0.2, 0) is 9.53 Å². The molecular formula is C16H21NO2. The molecule has 1 aromatic rings. The number of ether oxygens (including phenoxy) is 1. The molecule has 2 fully saturated rings. The summed E-state index contributed by atoms with van der Waals surface area (Å²) in [4.78, 5) is 14.3. The van der Waals surface area contributed by atoms with E-state index in [4.69, 9.17) is 4.74 Å². The van der Waals surface area contributed by atoms with Crippen LogP contribution < -0.4 is 0 Å². The molecule has 3 atom stereocenters. The van der Waals surface area contributed by atoms with Gasteiger partial charge >= 0.3 is 0 Å². The van der Waals surface area contributed by atoms with Crippen molar-refractivity contribution in [3.8, 4) is 0 Å². The Morgan fingerprint density at radius 2 is 1.89 bits per heavy atom. The molecule has 19 heavy (non-hydrogen) atoms. The van der Waals surface area contributed by atoms with Gasteiger partial charge in [0, 0.05) is 12.0 Å². The molecule has 0 aliphatic carbocycles. The van der Waals surface area contributed by atoms with Crippen LogP contribution in [0.25, 0.3) is 0 Å². The number of benzene rings is 1. The number of hydrogen-bond donors (Lipinski definition) is 0. The molecule has 2 unspecified atom stereocenters. The van der Waals surface area contributed by atoms with Crippen LogP contribution in [0, 0.1) is 11.3 Å². The summed E-state index contributed by atoms with van der Waals surface area (Å²) in [5.41, 5.74) is 1.22. The Hall–Kier alpha value is -1.35. The lowest BCUT2D eigenvalue weighted by Crippen LogP contribution is -2.36. The number of hydrogen-bond acceptors (Lipinski definition) is 2. The Labute approximate surface area is 114 Å². The van der Waals surface area contributed by atoms with Gasteiger partial charge in [-0.25, -0.2) is 0 Å². The van der Waals surface area contributed by atoms with E-state index in [1.807, 2.05) is 35.2 Å². The molecule has 2 saturated heterocycles. The fraction of sp³-hybridized carbons (Fsp3) is 0.562. The van der Waals surface area contributed by atoms with E-state index in [2.05, 4.69) is 20.8 Å². The van der Waals surface area contributed by atoms with Gasteiger partial charge in [-0.15, -0.1) is 0 Å². The molecule has 1 aromatic carbocycles. The van der Waals surface area contributed by atoms with Gasteiger partial charge in [-0.05, 0) is 11.3 Å². The van der Waals surface area contributed by atoms with Gasteiger partial charge in [-0.2, -0.15) is 0 Å². The maximum absolute atomic E-state index is 12.3. The summed E-state index contributed by atoms with van der Waals surface area (Å²) in [6.45, 7) is 7.30. The van der Waals surface area contributed by atoms with Crippen LogP contribution in [0.1, 0.15) is 39.0 Å². The van der Waals surface area contributed by atoms with Gasteiger partial charge in [0.1, 0.15) is 0 Å². The van der Waals surface area contributed by atoms with Crippen molar-refractivity contribution in [2.24, 2.45) is 11.3 Å². The lowest BCUT2D eigenvalue weighted by Gasteiger charge is -2.31. The highest BCUT2D eigenvalue weighted by molar-refractivity contribution is 5.80. The lowest BCUT2D eigenvalue weighted by atomic mass is 9.76. The number of nitrogens with zero attached hydrogens (tertiary/aromatic N) is 1. The zero-order chi connectivity index (χ0) is 13.6. The normalized spacial score (nSPS) is 30.8. The number of fused-ring (bicyclic) bond motifs is 1. The van der Waals surface area contributed by atoms with Crippen LogP contribution in [-0.4, -0.2) is 23.5 Å². The molecule has 102 valence electrons. The minimum Gasteiger partial charge on any atom is -0.352 e. The molecule has 2 heterocycles. The van der Waals surface area contributed by atoms with Crippen molar-refractivity contribution in [1.82, 2.24) is 4.90 Å². The van der Waals surface area contributed by atoms with E-state index >= 15 is 0 Å². The third-order valence-corrected chi connectivity index (χ3v) is 4.38. The first-order valence-electron chi connectivity index (χ1n) is 6.96. The maximum atomic E-state index is 12.3. The van der Waals surface area contributed by atoms with Crippen molar-refractivity contribution in [2.45, 2.75) is 39.5 Å².